The van der Waals surface area contributed by atoms with E-state index in [0.717, 1.165) is 5.56 Å². The molecule has 6 heteroatoms. The lowest BCUT2D eigenvalue weighted by molar-refractivity contribution is 0.0681. The molecule has 0 saturated heterocycles. The lowest BCUT2D eigenvalue weighted by Gasteiger charge is -2.14. The molecule has 1 atom stereocenters. The number of hydrogen-bond donors (Lipinski definition) is 1. The number of rotatable bonds is 5. The number of Topliss-reactive ketones (excluding diaryl/α,β-unsaturated/α-hetero) is 1. The minimum absolute atomic E-state index is 0.00532. The van der Waals surface area contributed by atoms with E-state index in [4.69, 9.17) is 11.6 Å². The van der Waals surface area contributed by atoms with Crippen LogP contribution in [-0.4, -0.2) is 26.6 Å². The highest BCUT2D eigenvalue weighted by molar-refractivity contribution is 6.30. The van der Waals surface area contributed by atoms with Gasteiger partial charge in [0.25, 0.3) is 0 Å². The van der Waals surface area contributed by atoms with Crippen LogP contribution in [0.15, 0.2) is 30.3 Å². The number of ketones is 1. The maximum absolute atomic E-state index is 11.7. The molecule has 0 fully saturated rings. The highest BCUT2D eigenvalue weighted by Crippen LogP contribution is 2.22. The van der Waals surface area contributed by atoms with Crippen LogP contribution in [0.2, 0.25) is 5.02 Å². The van der Waals surface area contributed by atoms with Gasteiger partial charge in [-0.05, 0) is 24.6 Å². The fraction of sp³-hybridized carbons (Fsp3) is 0.267. The first-order valence-electron chi connectivity index (χ1n) is 6.55. The van der Waals surface area contributed by atoms with E-state index in [1.807, 2.05) is 19.1 Å². The minimum atomic E-state index is -1.11. The summed E-state index contributed by atoms with van der Waals surface area (Å²) in [5.41, 5.74) is 1.03. The van der Waals surface area contributed by atoms with Gasteiger partial charge < -0.3 is 5.11 Å². The number of benzene rings is 1. The van der Waals surface area contributed by atoms with Gasteiger partial charge in [-0.15, -0.1) is 0 Å². The van der Waals surface area contributed by atoms with Crippen LogP contribution in [0.25, 0.3) is 0 Å². The Hall–Kier alpha value is -2.14. The number of aromatic nitrogens is 2. The van der Waals surface area contributed by atoms with Gasteiger partial charge in [-0.1, -0.05) is 30.7 Å². The maximum Gasteiger partial charge on any atom is 0.354 e. The molecule has 0 aliphatic carbocycles. The average Bonchev–Trinajstić information content (AvgIpc) is 2.92. The third-order valence-electron chi connectivity index (χ3n) is 3.28. The molecule has 110 valence electrons. The van der Waals surface area contributed by atoms with Gasteiger partial charge in [-0.2, -0.15) is 5.10 Å². The summed E-state index contributed by atoms with van der Waals surface area (Å²) >= 11 is 5.85. The molecule has 0 radical (unpaired) electrons. The third-order valence-corrected chi connectivity index (χ3v) is 3.53. The molecular formula is C15H15ClN2O3. The van der Waals surface area contributed by atoms with Gasteiger partial charge in [-0.3, -0.25) is 9.48 Å². The van der Waals surface area contributed by atoms with Gasteiger partial charge >= 0.3 is 5.97 Å². The summed E-state index contributed by atoms with van der Waals surface area (Å²) in [6.45, 7) is 3.54. The summed E-state index contributed by atoms with van der Waals surface area (Å²) in [4.78, 5) is 23.1. The van der Waals surface area contributed by atoms with E-state index in [2.05, 4.69) is 5.10 Å². The first-order valence-corrected chi connectivity index (χ1v) is 6.93. The van der Waals surface area contributed by atoms with Crippen molar-refractivity contribution in [2.45, 2.75) is 26.3 Å². The summed E-state index contributed by atoms with van der Waals surface area (Å²) in [6.07, 6.45) is 0.283. The third kappa shape index (κ3) is 3.13. The van der Waals surface area contributed by atoms with Crippen molar-refractivity contribution in [1.29, 1.82) is 0 Å². The summed E-state index contributed by atoms with van der Waals surface area (Å²) in [6, 6.07) is 8.08. The van der Waals surface area contributed by atoms with Gasteiger partial charge in [0.15, 0.2) is 5.78 Å². The summed E-state index contributed by atoms with van der Waals surface area (Å²) in [5.74, 6) is -1.29. The number of carbonyl (C=O) groups is 2. The predicted molar refractivity (Wildman–Crippen MR) is 79.1 cm³/mol. The first-order chi connectivity index (χ1) is 9.93. The van der Waals surface area contributed by atoms with E-state index in [-0.39, 0.29) is 29.6 Å². The molecule has 5 nitrogen and oxygen atoms in total. The van der Waals surface area contributed by atoms with Gasteiger partial charge in [0.2, 0.25) is 0 Å². The van der Waals surface area contributed by atoms with Crippen LogP contribution >= 0.6 is 11.6 Å². The standard InChI is InChI=1S/C15H15ClN2O3/c1-3-14(19)12-8-13(15(20)21)18(17-12)9(2)10-4-6-11(16)7-5-10/h4-9H,3H2,1-2H3,(H,20,21)/t9-/m0/s1. The number of halogens is 1. The van der Waals surface area contributed by atoms with Crippen molar-refractivity contribution in [1.82, 2.24) is 9.78 Å². The number of carboxylic acid groups (broad SMARTS) is 1. The van der Waals surface area contributed by atoms with E-state index < -0.39 is 5.97 Å². The molecule has 21 heavy (non-hydrogen) atoms. The van der Waals surface area contributed by atoms with Crippen molar-refractivity contribution in [2.24, 2.45) is 0 Å². The zero-order valence-electron chi connectivity index (χ0n) is 11.7. The van der Waals surface area contributed by atoms with Crippen molar-refractivity contribution in [3.8, 4) is 0 Å². The molecule has 1 aromatic heterocycles. The number of carboxylic acids is 1. The van der Waals surface area contributed by atoms with E-state index >= 15 is 0 Å². The van der Waals surface area contributed by atoms with E-state index in [1.54, 1.807) is 19.1 Å². The summed E-state index contributed by atoms with van der Waals surface area (Å²) in [7, 11) is 0. The fourth-order valence-electron chi connectivity index (χ4n) is 2.05. The van der Waals surface area contributed by atoms with Crippen molar-refractivity contribution in [3.63, 3.8) is 0 Å². The SMILES string of the molecule is CCC(=O)c1cc(C(=O)O)n([C@@H](C)c2ccc(Cl)cc2)n1. The van der Waals surface area contributed by atoms with Crippen molar-refractivity contribution >= 4 is 23.4 Å². The Kier molecular flexibility index (Phi) is 4.43. The molecule has 1 heterocycles. The molecule has 1 N–H and O–H groups in total. The molecule has 2 rings (SSSR count). The molecule has 2 aromatic rings. The Morgan fingerprint density at radius 2 is 1.95 bits per heavy atom. The maximum atomic E-state index is 11.7. The lowest BCUT2D eigenvalue weighted by atomic mass is 10.1. The summed E-state index contributed by atoms with van der Waals surface area (Å²) < 4.78 is 1.36. The van der Waals surface area contributed by atoms with Gasteiger partial charge in [0.05, 0.1) is 6.04 Å². The predicted octanol–water partition coefficient (Wildman–Crippen LogP) is 3.44. The number of aromatic carboxylic acids is 1. The van der Waals surface area contributed by atoms with Gasteiger partial charge in [-0.25, -0.2) is 4.79 Å². The van der Waals surface area contributed by atoms with Crippen LogP contribution in [0.5, 0.6) is 0 Å². The quantitative estimate of drug-likeness (QED) is 0.859. The topological polar surface area (TPSA) is 72.2 Å². The molecule has 1 aromatic carbocycles. The van der Waals surface area contributed by atoms with Crippen LogP contribution in [0.1, 0.15) is 52.9 Å². The number of carbonyl (C=O) groups excluding carboxylic acids is 1. The molecule has 0 aliphatic rings. The smallest absolute Gasteiger partial charge is 0.354 e. The zero-order chi connectivity index (χ0) is 15.6. The Bertz CT molecular complexity index is 677. The molecule has 0 spiro atoms. The first kappa shape index (κ1) is 15.3. The average molecular weight is 307 g/mol. The molecule has 0 saturated carbocycles. The van der Waals surface area contributed by atoms with Crippen molar-refractivity contribution < 1.29 is 14.7 Å². The van der Waals surface area contributed by atoms with E-state index in [9.17, 15) is 14.7 Å². The lowest BCUT2D eigenvalue weighted by Crippen LogP contribution is -2.15. The van der Waals surface area contributed by atoms with Gasteiger partial charge in [0, 0.05) is 17.5 Å². The van der Waals surface area contributed by atoms with E-state index in [1.165, 1.54) is 10.7 Å². The van der Waals surface area contributed by atoms with Crippen LogP contribution in [0.4, 0.5) is 0 Å². The van der Waals surface area contributed by atoms with Crippen LogP contribution in [-0.2, 0) is 0 Å². The Morgan fingerprint density at radius 1 is 1.33 bits per heavy atom. The second kappa shape index (κ2) is 6.10. The molecule has 0 unspecified atom stereocenters. The normalized spacial score (nSPS) is 12.1. The van der Waals surface area contributed by atoms with Crippen LogP contribution < -0.4 is 0 Å². The largest absolute Gasteiger partial charge is 0.477 e. The minimum Gasteiger partial charge on any atom is -0.477 e. The van der Waals surface area contributed by atoms with Crippen molar-refractivity contribution in [3.05, 3.63) is 52.3 Å². The molecule has 0 aliphatic heterocycles. The van der Waals surface area contributed by atoms with Crippen LogP contribution in [0, 0.1) is 0 Å². The summed E-state index contributed by atoms with van der Waals surface area (Å²) in [5, 5.41) is 14.0. The van der Waals surface area contributed by atoms with E-state index in [0.29, 0.717) is 5.02 Å². The Balaban J connectivity index is 2.46. The Labute approximate surface area is 127 Å². The zero-order valence-corrected chi connectivity index (χ0v) is 12.5. The second-order valence-corrected chi connectivity index (χ2v) is 5.11. The monoisotopic (exact) mass is 306 g/mol. The number of hydrogen-bond acceptors (Lipinski definition) is 3. The highest BCUT2D eigenvalue weighted by Gasteiger charge is 2.21. The Morgan fingerprint density at radius 3 is 2.48 bits per heavy atom. The fourth-order valence-corrected chi connectivity index (χ4v) is 2.18. The van der Waals surface area contributed by atoms with Crippen LogP contribution in [0.3, 0.4) is 0 Å². The second-order valence-electron chi connectivity index (χ2n) is 4.67. The van der Waals surface area contributed by atoms with Gasteiger partial charge in [0.1, 0.15) is 11.4 Å². The van der Waals surface area contributed by atoms with Crippen molar-refractivity contribution in [2.75, 3.05) is 0 Å². The molecule has 0 bridgehead atoms. The highest BCUT2D eigenvalue weighted by atomic mass is 35.5. The number of nitrogens with zero attached hydrogens (tertiary/aromatic N) is 2. The molecule has 0 amide bonds. The molecular weight excluding hydrogens is 292 g/mol.